The zero-order chi connectivity index (χ0) is 12.3. The molecule has 2 unspecified atom stereocenters. The van der Waals surface area contributed by atoms with Crippen molar-refractivity contribution in [2.45, 2.75) is 65.5 Å². The SMILES string of the molecule is CC(C)C1(C)CCCC(OC(=O)[C@@H](C)N)C1.Cl. The Morgan fingerprint density at radius 1 is 1.41 bits per heavy atom. The average Bonchev–Trinajstić information content (AvgIpc) is 2.17. The van der Waals surface area contributed by atoms with Crippen molar-refractivity contribution in [2.75, 3.05) is 0 Å². The predicted molar refractivity (Wildman–Crippen MR) is 72.2 cm³/mol. The van der Waals surface area contributed by atoms with E-state index in [1.807, 2.05) is 0 Å². The first-order chi connectivity index (χ1) is 7.35. The summed E-state index contributed by atoms with van der Waals surface area (Å²) in [5.41, 5.74) is 5.81. The maximum absolute atomic E-state index is 11.4. The first kappa shape index (κ1) is 16.7. The topological polar surface area (TPSA) is 52.3 Å². The molecule has 3 atom stereocenters. The lowest BCUT2D eigenvalue weighted by molar-refractivity contribution is -0.154. The number of rotatable bonds is 3. The van der Waals surface area contributed by atoms with Crippen LogP contribution < -0.4 is 5.73 Å². The fourth-order valence-corrected chi connectivity index (χ4v) is 2.35. The number of esters is 1. The molecular weight excluding hydrogens is 238 g/mol. The van der Waals surface area contributed by atoms with Crippen molar-refractivity contribution in [3.05, 3.63) is 0 Å². The van der Waals surface area contributed by atoms with Gasteiger partial charge in [0.15, 0.2) is 0 Å². The number of halogens is 1. The van der Waals surface area contributed by atoms with E-state index in [1.165, 1.54) is 6.42 Å². The van der Waals surface area contributed by atoms with E-state index in [0.717, 1.165) is 19.3 Å². The summed E-state index contributed by atoms with van der Waals surface area (Å²) in [7, 11) is 0. The summed E-state index contributed by atoms with van der Waals surface area (Å²) in [6, 6.07) is -0.507. The van der Waals surface area contributed by atoms with E-state index in [1.54, 1.807) is 6.92 Å². The van der Waals surface area contributed by atoms with Crippen molar-refractivity contribution >= 4 is 18.4 Å². The molecule has 4 heteroatoms. The van der Waals surface area contributed by atoms with Crippen LogP contribution in [0.15, 0.2) is 0 Å². The molecule has 1 rings (SSSR count). The molecule has 0 amide bonds. The van der Waals surface area contributed by atoms with E-state index in [-0.39, 0.29) is 24.5 Å². The summed E-state index contributed by atoms with van der Waals surface area (Å²) < 4.78 is 5.43. The molecule has 0 aromatic carbocycles. The molecule has 0 radical (unpaired) electrons. The van der Waals surface area contributed by atoms with Crippen molar-refractivity contribution in [1.29, 1.82) is 0 Å². The number of hydrogen-bond donors (Lipinski definition) is 1. The van der Waals surface area contributed by atoms with Crippen LogP contribution in [-0.4, -0.2) is 18.1 Å². The van der Waals surface area contributed by atoms with Gasteiger partial charge in [-0.05, 0) is 43.9 Å². The van der Waals surface area contributed by atoms with Crippen LogP contribution >= 0.6 is 12.4 Å². The van der Waals surface area contributed by atoms with Gasteiger partial charge in [0.05, 0.1) is 0 Å². The highest BCUT2D eigenvalue weighted by atomic mass is 35.5. The molecule has 0 heterocycles. The molecule has 102 valence electrons. The van der Waals surface area contributed by atoms with Crippen LogP contribution in [0.2, 0.25) is 0 Å². The minimum atomic E-state index is -0.507. The predicted octanol–water partition coefficient (Wildman–Crippen LogP) is 2.90. The van der Waals surface area contributed by atoms with Crippen LogP contribution in [0.25, 0.3) is 0 Å². The quantitative estimate of drug-likeness (QED) is 0.797. The van der Waals surface area contributed by atoms with Gasteiger partial charge < -0.3 is 10.5 Å². The summed E-state index contributed by atoms with van der Waals surface area (Å²) in [5, 5.41) is 0. The normalized spacial score (nSPS) is 30.6. The second-order valence-corrected chi connectivity index (χ2v) is 5.75. The van der Waals surface area contributed by atoms with Gasteiger partial charge in [-0.3, -0.25) is 4.79 Å². The second kappa shape index (κ2) is 6.60. The molecular formula is C13H26ClNO2. The molecule has 1 aliphatic rings. The molecule has 0 bridgehead atoms. The highest BCUT2D eigenvalue weighted by molar-refractivity contribution is 5.85. The van der Waals surface area contributed by atoms with Crippen molar-refractivity contribution in [3.8, 4) is 0 Å². The Balaban J connectivity index is 0.00000256. The van der Waals surface area contributed by atoms with Crippen LogP contribution in [0, 0.1) is 11.3 Å². The first-order valence-electron chi connectivity index (χ1n) is 6.31. The van der Waals surface area contributed by atoms with Crippen molar-refractivity contribution in [2.24, 2.45) is 17.1 Å². The zero-order valence-corrected chi connectivity index (χ0v) is 12.2. The van der Waals surface area contributed by atoms with E-state index in [2.05, 4.69) is 20.8 Å². The molecule has 0 aliphatic heterocycles. The Labute approximate surface area is 111 Å². The Bertz CT molecular complexity index is 256. The highest BCUT2D eigenvalue weighted by Gasteiger charge is 2.36. The van der Waals surface area contributed by atoms with Gasteiger partial charge in [0.1, 0.15) is 12.1 Å². The van der Waals surface area contributed by atoms with Crippen LogP contribution in [0.1, 0.15) is 53.4 Å². The number of carbonyl (C=O) groups excluding carboxylic acids is 1. The molecule has 3 nitrogen and oxygen atoms in total. The van der Waals surface area contributed by atoms with Crippen molar-refractivity contribution in [1.82, 2.24) is 0 Å². The van der Waals surface area contributed by atoms with Crippen LogP contribution in [0.5, 0.6) is 0 Å². The third kappa shape index (κ3) is 4.47. The van der Waals surface area contributed by atoms with E-state index < -0.39 is 6.04 Å². The lowest BCUT2D eigenvalue weighted by atomic mass is 9.67. The van der Waals surface area contributed by atoms with Gasteiger partial charge in [-0.25, -0.2) is 0 Å². The zero-order valence-electron chi connectivity index (χ0n) is 11.4. The van der Waals surface area contributed by atoms with E-state index >= 15 is 0 Å². The number of ether oxygens (including phenoxy) is 1. The Morgan fingerprint density at radius 3 is 2.47 bits per heavy atom. The lowest BCUT2D eigenvalue weighted by Gasteiger charge is -2.41. The van der Waals surface area contributed by atoms with Crippen LogP contribution in [0.3, 0.4) is 0 Å². The Hall–Kier alpha value is -0.280. The maximum Gasteiger partial charge on any atom is 0.322 e. The molecule has 1 saturated carbocycles. The van der Waals surface area contributed by atoms with Gasteiger partial charge in [0.2, 0.25) is 0 Å². The fourth-order valence-electron chi connectivity index (χ4n) is 2.35. The highest BCUT2D eigenvalue weighted by Crippen LogP contribution is 2.42. The van der Waals surface area contributed by atoms with Crippen molar-refractivity contribution < 1.29 is 9.53 Å². The second-order valence-electron chi connectivity index (χ2n) is 5.75. The summed E-state index contributed by atoms with van der Waals surface area (Å²) >= 11 is 0. The maximum atomic E-state index is 11.4. The number of nitrogens with two attached hydrogens (primary N) is 1. The smallest absolute Gasteiger partial charge is 0.322 e. The summed E-state index contributed by atoms with van der Waals surface area (Å²) in [5.74, 6) is 0.363. The van der Waals surface area contributed by atoms with Gasteiger partial charge in [-0.15, -0.1) is 12.4 Å². The van der Waals surface area contributed by atoms with Crippen LogP contribution in [-0.2, 0) is 9.53 Å². The Kier molecular flexibility index (Phi) is 6.49. The molecule has 0 saturated heterocycles. The third-order valence-electron chi connectivity index (χ3n) is 4.02. The summed E-state index contributed by atoms with van der Waals surface area (Å²) in [6.45, 7) is 8.46. The summed E-state index contributed by atoms with van der Waals surface area (Å²) in [6.07, 6.45) is 4.41. The average molecular weight is 264 g/mol. The minimum absolute atomic E-state index is 0. The van der Waals surface area contributed by atoms with Gasteiger partial charge >= 0.3 is 5.97 Å². The molecule has 1 fully saturated rings. The van der Waals surface area contributed by atoms with Crippen LogP contribution in [0.4, 0.5) is 0 Å². The van der Waals surface area contributed by atoms with Gasteiger partial charge in [-0.1, -0.05) is 20.8 Å². The third-order valence-corrected chi connectivity index (χ3v) is 4.02. The lowest BCUT2D eigenvalue weighted by Crippen LogP contribution is -2.38. The van der Waals surface area contributed by atoms with Gasteiger partial charge in [-0.2, -0.15) is 0 Å². The largest absolute Gasteiger partial charge is 0.461 e. The number of carbonyl (C=O) groups is 1. The standard InChI is InChI=1S/C13H25NO2.ClH/c1-9(2)13(4)7-5-6-11(8-13)16-12(15)10(3)14;/h9-11H,5-8,14H2,1-4H3;1H/t10-,11?,13?;/m1./s1. The fraction of sp³-hybridized carbons (Fsp3) is 0.923. The number of hydrogen-bond acceptors (Lipinski definition) is 3. The van der Waals surface area contributed by atoms with E-state index in [9.17, 15) is 4.79 Å². The molecule has 2 N–H and O–H groups in total. The first-order valence-corrected chi connectivity index (χ1v) is 6.31. The summed E-state index contributed by atoms with van der Waals surface area (Å²) in [4.78, 5) is 11.4. The van der Waals surface area contributed by atoms with Gasteiger partial charge in [0.25, 0.3) is 0 Å². The monoisotopic (exact) mass is 263 g/mol. The molecule has 0 aromatic rings. The molecule has 17 heavy (non-hydrogen) atoms. The van der Waals surface area contributed by atoms with Crippen molar-refractivity contribution in [3.63, 3.8) is 0 Å². The minimum Gasteiger partial charge on any atom is -0.461 e. The molecule has 0 spiro atoms. The Morgan fingerprint density at radius 2 is 2.00 bits per heavy atom. The molecule has 0 aromatic heterocycles. The molecule has 1 aliphatic carbocycles. The van der Waals surface area contributed by atoms with Gasteiger partial charge in [0, 0.05) is 0 Å². The van der Waals surface area contributed by atoms with E-state index in [4.69, 9.17) is 10.5 Å². The van der Waals surface area contributed by atoms with E-state index in [0.29, 0.717) is 11.3 Å².